The molecule has 2 aromatic rings. The Balaban J connectivity index is 1.83. The summed E-state index contributed by atoms with van der Waals surface area (Å²) in [6, 6.07) is 7.15. The number of aliphatic hydroxyl groups excluding tert-OH is 1. The zero-order valence-electron chi connectivity index (χ0n) is 13.5. The largest absolute Gasteiger partial charge is 0.392 e. The van der Waals surface area contributed by atoms with E-state index in [0.717, 1.165) is 24.2 Å². The van der Waals surface area contributed by atoms with Crippen LogP contribution in [0.4, 0.5) is 10.5 Å². The summed E-state index contributed by atoms with van der Waals surface area (Å²) >= 11 is 0. The fourth-order valence-electron chi connectivity index (χ4n) is 2.09. The number of amides is 2. The van der Waals surface area contributed by atoms with Crippen molar-refractivity contribution in [3.05, 3.63) is 47.8 Å². The van der Waals surface area contributed by atoms with Gasteiger partial charge in [-0.2, -0.15) is 5.10 Å². The maximum atomic E-state index is 11.9. The number of anilines is 1. The van der Waals surface area contributed by atoms with Crippen LogP contribution in [0.3, 0.4) is 0 Å². The number of carbonyl (C=O) groups is 1. The summed E-state index contributed by atoms with van der Waals surface area (Å²) < 4.78 is 1.79. The number of benzene rings is 1. The lowest BCUT2D eigenvalue weighted by Crippen LogP contribution is -2.28. The van der Waals surface area contributed by atoms with Crippen molar-refractivity contribution in [1.82, 2.24) is 20.0 Å². The molecule has 0 spiro atoms. The van der Waals surface area contributed by atoms with Crippen LogP contribution in [0.1, 0.15) is 11.1 Å². The Labute approximate surface area is 135 Å². The number of urea groups is 1. The number of likely N-dealkylation sites (N-methyl/N-ethyl adjacent to an activating group) is 1. The highest BCUT2D eigenvalue weighted by Gasteiger charge is 2.06. The molecule has 0 unspecified atom stereocenters. The van der Waals surface area contributed by atoms with Gasteiger partial charge in [0.2, 0.25) is 0 Å². The molecule has 1 aromatic heterocycles. The van der Waals surface area contributed by atoms with Gasteiger partial charge in [-0.05, 0) is 25.2 Å². The van der Waals surface area contributed by atoms with Gasteiger partial charge < -0.3 is 20.6 Å². The van der Waals surface area contributed by atoms with Crippen molar-refractivity contribution in [1.29, 1.82) is 0 Å². The van der Waals surface area contributed by atoms with Crippen molar-refractivity contribution in [3.63, 3.8) is 0 Å². The molecule has 7 heteroatoms. The van der Waals surface area contributed by atoms with Crippen LogP contribution in [0.2, 0.25) is 0 Å². The zero-order chi connectivity index (χ0) is 16.7. The van der Waals surface area contributed by atoms with Crippen molar-refractivity contribution >= 4 is 11.7 Å². The molecular formula is C16H23N5O2. The third-order valence-electron chi connectivity index (χ3n) is 3.40. The molecule has 2 amide bonds. The van der Waals surface area contributed by atoms with E-state index in [9.17, 15) is 9.90 Å². The van der Waals surface area contributed by atoms with Gasteiger partial charge in [0.05, 0.1) is 25.0 Å². The van der Waals surface area contributed by atoms with Gasteiger partial charge >= 0.3 is 6.03 Å². The minimum Gasteiger partial charge on any atom is -0.392 e. The molecule has 2 rings (SSSR count). The van der Waals surface area contributed by atoms with Gasteiger partial charge in [0.1, 0.15) is 0 Å². The molecule has 0 aliphatic rings. The second-order valence-electron chi connectivity index (χ2n) is 5.53. The van der Waals surface area contributed by atoms with Crippen molar-refractivity contribution < 1.29 is 9.90 Å². The molecule has 0 atom stereocenters. The molecule has 0 saturated carbocycles. The first kappa shape index (κ1) is 17.0. The van der Waals surface area contributed by atoms with Gasteiger partial charge in [-0.1, -0.05) is 24.3 Å². The number of hydrogen-bond acceptors (Lipinski definition) is 4. The Morgan fingerprint density at radius 2 is 2.04 bits per heavy atom. The van der Waals surface area contributed by atoms with E-state index in [-0.39, 0.29) is 12.6 Å². The molecule has 7 nitrogen and oxygen atoms in total. The first-order valence-corrected chi connectivity index (χ1v) is 7.48. The van der Waals surface area contributed by atoms with Gasteiger partial charge in [0.15, 0.2) is 0 Å². The molecule has 0 aliphatic heterocycles. The minimum absolute atomic E-state index is 0.0435. The lowest BCUT2D eigenvalue weighted by Gasteiger charge is -2.09. The second-order valence-corrected chi connectivity index (χ2v) is 5.53. The highest BCUT2D eigenvalue weighted by molar-refractivity contribution is 5.88. The summed E-state index contributed by atoms with van der Waals surface area (Å²) in [6.45, 7) is 1.96. The number of aliphatic hydroxyl groups is 1. The van der Waals surface area contributed by atoms with Gasteiger partial charge in [0, 0.05) is 19.3 Å². The third kappa shape index (κ3) is 5.39. The Bertz CT molecular complexity index is 639. The highest BCUT2D eigenvalue weighted by atomic mass is 16.3. The molecule has 23 heavy (non-hydrogen) atoms. The van der Waals surface area contributed by atoms with E-state index in [1.165, 1.54) is 0 Å². The van der Waals surface area contributed by atoms with Crippen LogP contribution >= 0.6 is 0 Å². The fraction of sp³-hybridized carbons (Fsp3) is 0.375. The van der Waals surface area contributed by atoms with Crippen molar-refractivity contribution in [2.24, 2.45) is 0 Å². The first-order valence-electron chi connectivity index (χ1n) is 7.48. The smallest absolute Gasteiger partial charge is 0.319 e. The van der Waals surface area contributed by atoms with E-state index < -0.39 is 0 Å². The number of nitrogens with zero attached hydrogens (tertiary/aromatic N) is 3. The molecule has 3 N–H and O–H groups in total. The number of aromatic nitrogens is 2. The molecule has 1 heterocycles. The summed E-state index contributed by atoms with van der Waals surface area (Å²) in [7, 11) is 4.00. The topological polar surface area (TPSA) is 82.4 Å². The van der Waals surface area contributed by atoms with Crippen LogP contribution in [-0.2, 0) is 19.7 Å². The van der Waals surface area contributed by atoms with E-state index in [2.05, 4.69) is 20.6 Å². The normalized spacial score (nSPS) is 10.8. The lowest BCUT2D eigenvalue weighted by molar-refractivity contribution is 0.251. The quantitative estimate of drug-likeness (QED) is 0.718. The Morgan fingerprint density at radius 3 is 2.74 bits per heavy atom. The Hall–Kier alpha value is -2.38. The van der Waals surface area contributed by atoms with E-state index in [1.54, 1.807) is 17.1 Å². The molecule has 0 aliphatic carbocycles. The van der Waals surface area contributed by atoms with Crippen molar-refractivity contribution in [2.45, 2.75) is 19.7 Å². The van der Waals surface area contributed by atoms with Gasteiger partial charge in [0.25, 0.3) is 0 Å². The Morgan fingerprint density at radius 1 is 1.30 bits per heavy atom. The number of carbonyl (C=O) groups excluding carboxylic acids is 1. The monoisotopic (exact) mass is 317 g/mol. The average molecular weight is 317 g/mol. The van der Waals surface area contributed by atoms with Gasteiger partial charge in [-0.15, -0.1) is 0 Å². The predicted octanol–water partition coefficient (Wildman–Crippen LogP) is 1.26. The standard InChI is InChI=1S/C16H23N5O2/c1-20(2)7-8-21-11-15(10-18-21)19-16(23)17-9-13-5-3-4-6-14(13)12-22/h3-6,10-11,22H,7-9,12H2,1-2H3,(H2,17,19,23). The van der Waals surface area contributed by atoms with E-state index >= 15 is 0 Å². The summed E-state index contributed by atoms with van der Waals surface area (Å²) in [5, 5.41) is 19.0. The summed E-state index contributed by atoms with van der Waals surface area (Å²) in [6.07, 6.45) is 3.42. The van der Waals surface area contributed by atoms with Crippen molar-refractivity contribution in [2.75, 3.05) is 26.0 Å². The number of rotatable bonds is 7. The number of nitrogens with one attached hydrogen (secondary N) is 2. The molecule has 1 aromatic carbocycles. The molecule has 0 saturated heterocycles. The summed E-state index contributed by atoms with van der Waals surface area (Å²) in [5.41, 5.74) is 2.35. The van der Waals surface area contributed by atoms with Crippen LogP contribution < -0.4 is 10.6 Å². The number of hydrogen-bond donors (Lipinski definition) is 3. The maximum absolute atomic E-state index is 11.9. The fourth-order valence-corrected chi connectivity index (χ4v) is 2.09. The third-order valence-corrected chi connectivity index (χ3v) is 3.40. The lowest BCUT2D eigenvalue weighted by atomic mass is 10.1. The van der Waals surface area contributed by atoms with Gasteiger partial charge in [-0.25, -0.2) is 4.79 Å². The molecule has 124 valence electrons. The minimum atomic E-state index is -0.301. The summed E-state index contributed by atoms with van der Waals surface area (Å²) in [4.78, 5) is 14.0. The van der Waals surface area contributed by atoms with E-state index in [0.29, 0.717) is 12.2 Å². The van der Waals surface area contributed by atoms with E-state index in [1.807, 2.05) is 38.4 Å². The Kier molecular flexibility index (Phi) is 6.13. The van der Waals surface area contributed by atoms with Crippen LogP contribution in [0.5, 0.6) is 0 Å². The molecular weight excluding hydrogens is 294 g/mol. The predicted molar refractivity (Wildman–Crippen MR) is 89.0 cm³/mol. The van der Waals surface area contributed by atoms with Crippen molar-refractivity contribution in [3.8, 4) is 0 Å². The average Bonchev–Trinajstić information content (AvgIpc) is 2.98. The van der Waals surface area contributed by atoms with Crippen LogP contribution in [0.25, 0.3) is 0 Å². The van der Waals surface area contributed by atoms with Gasteiger partial charge in [-0.3, -0.25) is 4.68 Å². The molecule has 0 radical (unpaired) electrons. The highest BCUT2D eigenvalue weighted by Crippen LogP contribution is 2.09. The first-order chi connectivity index (χ1) is 11.1. The van der Waals surface area contributed by atoms with Crippen LogP contribution in [0.15, 0.2) is 36.7 Å². The summed E-state index contributed by atoms with van der Waals surface area (Å²) in [5.74, 6) is 0. The van der Waals surface area contributed by atoms with E-state index in [4.69, 9.17) is 0 Å². The van der Waals surface area contributed by atoms with Crippen LogP contribution in [-0.4, -0.2) is 46.5 Å². The zero-order valence-corrected chi connectivity index (χ0v) is 13.5. The SMILES string of the molecule is CN(C)CCn1cc(NC(=O)NCc2ccccc2CO)cn1. The molecule has 0 fully saturated rings. The maximum Gasteiger partial charge on any atom is 0.319 e. The molecule has 0 bridgehead atoms. The van der Waals surface area contributed by atoms with Crippen LogP contribution in [0, 0.1) is 0 Å². The second kappa shape index (κ2) is 8.30.